The van der Waals surface area contributed by atoms with Crippen LogP contribution >= 0.6 is 0 Å². The molecule has 0 radical (unpaired) electrons. The fourth-order valence-corrected chi connectivity index (χ4v) is 4.29. The first-order valence-electron chi connectivity index (χ1n) is 12.6. The van der Waals surface area contributed by atoms with Crippen LogP contribution in [-0.4, -0.2) is 44.5 Å². The topological polar surface area (TPSA) is 57.2 Å². The number of methoxy groups -OCH3 is 2. The van der Waals surface area contributed by atoms with Gasteiger partial charge in [0.25, 0.3) is 0 Å². The van der Waals surface area contributed by atoms with Crippen molar-refractivity contribution in [2.24, 2.45) is 0 Å². The van der Waals surface area contributed by atoms with E-state index in [4.69, 9.17) is 18.9 Å². The first kappa shape index (κ1) is 25.6. The Morgan fingerprint density at radius 3 is 1.86 bits per heavy atom. The van der Waals surface area contributed by atoms with Crippen LogP contribution in [0.4, 0.5) is 0 Å². The summed E-state index contributed by atoms with van der Waals surface area (Å²) >= 11 is 0. The zero-order chi connectivity index (χ0) is 25.2. The number of carbonyl (C=O) groups is 1. The fraction of sp³-hybridized carbons (Fsp3) is 0.367. The summed E-state index contributed by atoms with van der Waals surface area (Å²) in [5.41, 5.74) is 2.66. The maximum absolute atomic E-state index is 12.9. The fourth-order valence-electron chi connectivity index (χ4n) is 4.29. The minimum Gasteiger partial charge on any atom is -0.497 e. The second-order valence-corrected chi connectivity index (χ2v) is 9.01. The van der Waals surface area contributed by atoms with Gasteiger partial charge in [0.2, 0.25) is 0 Å². The molecule has 0 amide bonds. The Morgan fingerprint density at radius 2 is 1.31 bits per heavy atom. The molecule has 0 aliphatic carbocycles. The van der Waals surface area contributed by atoms with Crippen molar-refractivity contribution in [2.75, 3.05) is 33.9 Å². The molecule has 1 heterocycles. The summed E-state index contributed by atoms with van der Waals surface area (Å²) in [5.74, 6) is 2.89. The molecule has 6 heteroatoms. The molecular weight excluding hydrogens is 454 g/mol. The number of Topliss-reactive ketones (excluding diaryl/α,β-unsaturated/α-hetero) is 1. The molecule has 0 unspecified atom stereocenters. The van der Waals surface area contributed by atoms with Crippen LogP contribution in [0.2, 0.25) is 0 Å². The maximum atomic E-state index is 12.9. The molecule has 4 rings (SSSR count). The van der Waals surface area contributed by atoms with Gasteiger partial charge >= 0.3 is 0 Å². The monoisotopic (exact) mass is 489 g/mol. The molecule has 1 aliphatic rings. The third kappa shape index (κ3) is 7.25. The van der Waals surface area contributed by atoms with Crippen molar-refractivity contribution < 1.29 is 23.7 Å². The van der Waals surface area contributed by atoms with Crippen LogP contribution in [-0.2, 0) is 13.2 Å². The van der Waals surface area contributed by atoms with Crippen molar-refractivity contribution in [3.05, 3.63) is 83.4 Å². The number of benzene rings is 3. The number of hydrogen-bond acceptors (Lipinski definition) is 6. The molecule has 36 heavy (non-hydrogen) atoms. The first-order chi connectivity index (χ1) is 17.6. The number of carbonyl (C=O) groups excluding carboxylic acids is 1. The van der Waals surface area contributed by atoms with E-state index < -0.39 is 0 Å². The molecule has 1 aliphatic heterocycles. The molecule has 1 fully saturated rings. The summed E-state index contributed by atoms with van der Waals surface area (Å²) in [6, 6.07) is 21.0. The van der Waals surface area contributed by atoms with Gasteiger partial charge in [0.05, 0.1) is 14.2 Å². The average molecular weight is 490 g/mol. The van der Waals surface area contributed by atoms with Gasteiger partial charge in [-0.25, -0.2) is 0 Å². The minimum atomic E-state index is 0.130. The van der Waals surface area contributed by atoms with Gasteiger partial charge in [-0.3, -0.25) is 4.79 Å². The van der Waals surface area contributed by atoms with Crippen LogP contribution < -0.4 is 18.9 Å². The zero-order valence-electron chi connectivity index (χ0n) is 21.2. The quantitative estimate of drug-likeness (QED) is 0.278. The van der Waals surface area contributed by atoms with E-state index in [-0.39, 0.29) is 5.78 Å². The van der Waals surface area contributed by atoms with E-state index in [0.717, 1.165) is 48.7 Å². The minimum absolute atomic E-state index is 0.130. The number of ketones is 1. The second kappa shape index (κ2) is 13.0. The predicted molar refractivity (Wildman–Crippen MR) is 140 cm³/mol. The van der Waals surface area contributed by atoms with Crippen LogP contribution in [0.1, 0.15) is 47.2 Å². The highest BCUT2D eigenvalue weighted by Gasteiger charge is 2.15. The molecule has 3 aromatic carbocycles. The highest BCUT2D eigenvalue weighted by molar-refractivity contribution is 5.96. The highest BCUT2D eigenvalue weighted by atomic mass is 16.5. The van der Waals surface area contributed by atoms with E-state index >= 15 is 0 Å². The highest BCUT2D eigenvalue weighted by Crippen LogP contribution is 2.31. The molecule has 0 spiro atoms. The van der Waals surface area contributed by atoms with Gasteiger partial charge in [-0.05, 0) is 92.5 Å². The van der Waals surface area contributed by atoms with Crippen LogP contribution in [0.15, 0.2) is 66.7 Å². The van der Waals surface area contributed by atoms with Crippen LogP contribution in [0.5, 0.6) is 23.0 Å². The van der Waals surface area contributed by atoms with Gasteiger partial charge in [-0.15, -0.1) is 0 Å². The summed E-state index contributed by atoms with van der Waals surface area (Å²) < 4.78 is 22.7. The van der Waals surface area contributed by atoms with Crippen LogP contribution in [0.25, 0.3) is 0 Å². The molecule has 0 atom stereocenters. The van der Waals surface area contributed by atoms with E-state index in [1.807, 2.05) is 66.7 Å². The molecule has 0 aromatic heterocycles. The number of hydrogen-bond donors (Lipinski definition) is 0. The van der Waals surface area contributed by atoms with Crippen molar-refractivity contribution in [3.8, 4) is 23.0 Å². The number of nitrogens with zero attached hydrogens (tertiary/aromatic N) is 1. The van der Waals surface area contributed by atoms with Gasteiger partial charge < -0.3 is 23.8 Å². The van der Waals surface area contributed by atoms with Gasteiger partial charge in [0.1, 0.15) is 24.7 Å². The van der Waals surface area contributed by atoms with Gasteiger partial charge in [-0.2, -0.15) is 0 Å². The van der Waals surface area contributed by atoms with Crippen molar-refractivity contribution in [1.82, 2.24) is 4.90 Å². The summed E-state index contributed by atoms with van der Waals surface area (Å²) in [6.07, 6.45) is 3.93. The zero-order valence-corrected chi connectivity index (χ0v) is 21.2. The molecule has 1 saturated heterocycles. The van der Waals surface area contributed by atoms with Crippen molar-refractivity contribution in [1.29, 1.82) is 0 Å². The summed E-state index contributed by atoms with van der Waals surface area (Å²) in [5, 5.41) is 0. The second-order valence-electron chi connectivity index (χ2n) is 9.01. The van der Waals surface area contributed by atoms with E-state index in [1.54, 1.807) is 14.2 Å². The lowest BCUT2D eigenvalue weighted by Crippen LogP contribution is -2.21. The molecule has 6 nitrogen and oxygen atoms in total. The van der Waals surface area contributed by atoms with Crippen LogP contribution in [0, 0.1) is 0 Å². The predicted octanol–water partition coefficient (Wildman–Crippen LogP) is 5.92. The van der Waals surface area contributed by atoms with Crippen molar-refractivity contribution >= 4 is 5.78 Å². The van der Waals surface area contributed by atoms with Crippen molar-refractivity contribution in [3.63, 3.8) is 0 Å². The van der Waals surface area contributed by atoms with E-state index in [2.05, 4.69) is 4.90 Å². The first-order valence-corrected chi connectivity index (χ1v) is 12.6. The van der Waals surface area contributed by atoms with E-state index in [1.165, 1.54) is 12.8 Å². The van der Waals surface area contributed by atoms with E-state index in [9.17, 15) is 4.79 Å². The summed E-state index contributed by atoms with van der Waals surface area (Å²) in [7, 11) is 3.29. The Bertz CT molecular complexity index is 1110. The number of likely N-dealkylation sites (tertiary alicyclic amines) is 1. The Hall–Kier alpha value is -3.51. The van der Waals surface area contributed by atoms with Crippen LogP contribution in [0.3, 0.4) is 0 Å². The third-order valence-corrected chi connectivity index (χ3v) is 6.45. The number of ether oxygens (including phenoxy) is 4. The molecule has 3 aromatic rings. The number of rotatable bonds is 13. The molecule has 0 N–H and O–H groups in total. The Morgan fingerprint density at radius 1 is 0.750 bits per heavy atom. The smallest absolute Gasteiger partial charge is 0.163 e. The molecular formula is C30H35NO5. The molecule has 190 valence electrons. The Balaban J connectivity index is 1.43. The maximum Gasteiger partial charge on any atom is 0.163 e. The van der Waals surface area contributed by atoms with Crippen molar-refractivity contribution in [2.45, 2.75) is 38.9 Å². The average Bonchev–Trinajstić information content (AvgIpc) is 3.45. The lowest BCUT2D eigenvalue weighted by atomic mass is 10.1. The molecule has 0 bridgehead atoms. The van der Waals surface area contributed by atoms with Gasteiger partial charge in [-0.1, -0.05) is 24.3 Å². The van der Waals surface area contributed by atoms with E-state index in [0.29, 0.717) is 36.7 Å². The lowest BCUT2D eigenvalue weighted by Gasteiger charge is -2.15. The lowest BCUT2D eigenvalue weighted by molar-refractivity contribution is 0.0975. The Kier molecular flexibility index (Phi) is 9.22. The van der Waals surface area contributed by atoms with Gasteiger partial charge in [0, 0.05) is 12.0 Å². The Labute approximate surface area is 213 Å². The largest absolute Gasteiger partial charge is 0.497 e. The van der Waals surface area contributed by atoms with Gasteiger partial charge in [0.15, 0.2) is 17.3 Å². The summed E-state index contributed by atoms with van der Waals surface area (Å²) in [6.45, 7) is 4.02. The third-order valence-electron chi connectivity index (χ3n) is 6.45. The molecule has 0 saturated carbocycles. The standard InChI is InChI=1S/C30H35NO5/c1-33-26-12-7-23(8-13-26)21-35-29-16-11-25(28(32)6-5-19-31-17-3-4-18-31)20-30(29)36-22-24-9-14-27(34-2)15-10-24/h7-16,20H,3-6,17-19,21-22H2,1-2H3. The normalized spacial score (nSPS) is 13.4. The SMILES string of the molecule is COc1ccc(COc2ccc(C(=O)CCCN3CCCC3)cc2OCc2ccc(OC)cc2)cc1. The summed E-state index contributed by atoms with van der Waals surface area (Å²) in [4.78, 5) is 15.4.